The molecule has 0 saturated carbocycles. The molecule has 7 nitrogen and oxygen atoms in total. The van der Waals surface area contributed by atoms with Crippen molar-refractivity contribution in [3.63, 3.8) is 0 Å². The van der Waals surface area contributed by atoms with Crippen molar-refractivity contribution in [2.24, 2.45) is 5.41 Å². The van der Waals surface area contributed by atoms with E-state index in [9.17, 15) is 22.7 Å². The normalized spacial score (nSPS) is 16.1. The molecule has 1 aromatic heterocycles. The Bertz CT molecular complexity index is 1060. The molecule has 0 atom stereocenters. The maximum Gasteiger partial charge on any atom is 0.310 e. The van der Waals surface area contributed by atoms with Crippen LogP contribution in [0.25, 0.3) is 0 Å². The molecule has 2 aromatic rings. The number of carboxylic acid groups (broad SMARTS) is 1. The Morgan fingerprint density at radius 1 is 1.25 bits per heavy atom. The van der Waals surface area contributed by atoms with Gasteiger partial charge in [0.2, 0.25) is 0 Å². The number of hydrogen-bond donors (Lipinski definition) is 1. The number of nitrogens with zero attached hydrogens (tertiary/aromatic N) is 2. The second kappa shape index (κ2) is 9.54. The SMILES string of the molecule is CC(C)(CN1CCC(c2ccc(COc3ccc(S(C)(=O)=O)c(F)c3)nc2)CC1)C(=O)O. The molecule has 1 N–H and O–H groups in total. The van der Waals surface area contributed by atoms with Gasteiger partial charge in [-0.1, -0.05) is 6.07 Å². The van der Waals surface area contributed by atoms with E-state index in [1.165, 1.54) is 12.1 Å². The predicted molar refractivity (Wildman–Crippen MR) is 118 cm³/mol. The van der Waals surface area contributed by atoms with Crippen LogP contribution < -0.4 is 4.74 Å². The Morgan fingerprint density at radius 2 is 1.94 bits per heavy atom. The van der Waals surface area contributed by atoms with Gasteiger partial charge in [-0.3, -0.25) is 9.78 Å². The zero-order valence-corrected chi connectivity index (χ0v) is 19.4. The third-order valence-corrected chi connectivity index (χ3v) is 6.92. The number of benzene rings is 1. The number of sulfone groups is 1. The van der Waals surface area contributed by atoms with Crippen molar-refractivity contribution < 1.29 is 27.4 Å². The first-order valence-electron chi connectivity index (χ1n) is 10.5. The molecule has 0 amide bonds. The first-order chi connectivity index (χ1) is 15.0. The lowest BCUT2D eigenvalue weighted by Gasteiger charge is -2.35. The van der Waals surface area contributed by atoms with E-state index < -0.39 is 27.0 Å². The number of aromatic nitrogens is 1. The van der Waals surface area contributed by atoms with E-state index >= 15 is 0 Å². The van der Waals surface area contributed by atoms with Gasteiger partial charge < -0.3 is 14.7 Å². The summed E-state index contributed by atoms with van der Waals surface area (Å²) in [6.07, 6.45) is 4.67. The Morgan fingerprint density at radius 3 is 2.47 bits per heavy atom. The molecule has 174 valence electrons. The Hall–Kier alpha value is -2.52. The smallest absolute Gasteiger partial charge is 0.310 e. The third-order valence-electron chi connectivity index (χ3n) is 5.79. The molecule has 0 spiro atoms. The lowest BCUT2D eigenvalue weighted by Crippen LogP contribution is -2.42. The number of ether oxygens (including phenoxy) is 1. The number of carboxylic acids is 1. The van der Waals surface area contributed by atoms with Crippen LogP contribution in [0.3, 0.4) is 0 Å². The minimum atomic E-state index is -3.62. The molecule has 0 radical (unpaired) electrons. The largest absolute Gasteiger partial charge is 0.487 e. The maximum absolute atomic E-state index is 14.0. The van der Waals surface area contributed by atoms with Crippen LogP contribution in [0, 0.1) is 11.2 Å². The van der Waals surface area contributed by atoms with Crippen LogP contribution in [0.4, 0.5) is 4.39 Å². The molecule has 1 fully saturated rings. The highest BCUT2D eigenvalue weighted by molar-refractivity contribution is 7.90. The van der Waals surface area contributed by atoms with Crippen LogP contribution in [0.5, 0.6) is 5.75 Å². The summed E-state index contributed by atoms with van der Waals surface area (Å²) in [5.41, 5.74) is 1.06. The van der Waals surface area contributed by atoms with Crippen molar-refractivity contribution in [1.82, 2.24) is 9.88 Å². The first kappa shape index (κ1) is 24.1. The zero-order chi connectivity index (χ0) is 23.5. The fraction of sp³-hybridized carbons (Fsp3) is 0.478. The molecule has 0 unspecified atom stereocenters. The van der Waals surface area contributed by atoms with Crippen molar-refractivity contribution in [2.45, 2.75) is 44.1 Å². The number of piperidine rings is 1. The second-order valence-electron chi connectivity index (χ2n) is 8.98. The molecule has 1 aliphatic rings. The van der Waals surface area contributed by atoms with E-state index in [0.29, 0.717) is 18.2 Å². The second-order valence-corrected chi connectivity index (χ2v) is 11.0. The van der Waals surface area contributed by atoms with Gasteiger partial charge >= 0.3 is 5.97 Å². The van der Waals surface area contributed by atoms with Crippen molar-refractivity contribution >= 4 is 15.8 Å². The van der Waals surface area contributed by atoms with Gasteiger partial charge in [-0.2, -0.15) is 0 Å². The van der Waals surface area contributed by atoms with E-state index in [4.69, 9.17) is 4.74 Å². The van der Waals surface area contributed by atoms with E-state index in [-0.39, 0.29) is 17.3 Å². The number of hydrogen-bond acceptors (Lipinski definition) is 6. The fourth-order valence-electron chi connectivity index (χ4n) is 3.84. The van der Waals surface area contributed by atoms with E-state index in [1.54, 1.807) is 13.8 Å². The molecule has 2 heterocycles. The predicted octanol–water partition coefficient (Wildman–Crippen LogP) is 3.49. The lowest BCUT2D eigenvalue weighted by atomic mass is 9.87. The molecule has 1 aromatic carbocycles. The molecule has 32 heavy (non-hydrogen) atoms. The van der Waals surface area contributed by atoms with E-state index in [0.717, 1.165) is 43.8 Å². The van der Waals surface area contributed by atoms with Crippen LogP contribution >= 0.6 is 0 Å². The van der Waals surface area contributed by atoms with E-state index in [1.807, 2.05) is 18.3 Å². The summed E-state index contributed by atoms with van der Waals surface area (Å²) in [7, 11) is -3.62. The highest BCUT2D eigenvalue weighted by Crippen LogP contribution is 2.29. The highest BCUT2D eigenvalue weighted by Gasteiger charge is 2.31. The number of carbonyl (C=O) groups is 1. The number of halogens is 1. The Labute approximate surface area is 188 Å². The molecule has 3 rings (SSSR count). The Kier molecular flexibility index (Phi) is 7.19. The van der Waals surface area contributed by atoms with Crippen molar-refractivity contribution in [1.29, 1.82) is 0 Å². The van der Waals surface area contributed by atoms with E-state index in [2.05, 4.69) is 9.88 Å². The minimum absolute atomic E-state index is 0.140. The molecule has 1 aliphatic heterocycles. The van der Waals surface area contributed by atoms with Crippen molar-refractivity contribution in [2.75, 3.05) is 25.9 Å². The van der Waals surface area contributed by atoms with Gasteiger partial charge in [0.1, 0.15) is 23.1 Å². The highest BCUT2D eigenvalue weighted by atomic mass is 32.2. The quantitative estimate of drug-likeness (QED) is 0.639. The zero-order valence-electron chi connectivity index (χ0n) is 18.5. The minimum Gasteiger partial charge on any atom is -0.487 e. The van der Waals surface area contributed by atoms with Crippen LogP contribution in [0.2, 0.25) is 0 Å². The van der Waals surface area contributed by atoms with Gasteiger partial charge in [0.25, 0.3) is 0 Å². The lowest BCUT2D eigenvalue weighted by molar-refractivity contribution is -0.148. The number of likely N-dealkylation sites (tertiary alicyclic amines) is 1. The topological polar surface area (TPSA) is 96.8 Å². The first-order valence-corrected chi connectivity index (χ1v) is 12.4. The summed E-state index contributed by atoms with van der Waals surface area (Å²) >= 11 is 0. The summed E-state index contributed by atoms with van der Waals surface area (Å²) in [6, 6.07) is 7.56. The summed E-state index contributed by atoms with van der Waals surface area (Å²) < 4.78 is 42.5. The standard InChI is InChI=1S/C23H29FN2O5S/c1-23(2,22(27)28)15-26-10-8-16(9-11-26)17-4-5-18(25-13-17)14-31-19-6-7-21(20(24)12-19)32(3,29)30/h4-7,12-13,16H,8-11,14-15H2,1-3H3,(H,27,28). The molecule has 9 heteroatoms. The van der Waals surface area contributed by atoms with Gasteiger partial charge in [-0.05, 0) is 69.5 Å². The molecular formula is C23H29FN2O5S. The van der Waals surface area contributed by atoms with Crippen LogP contribution in [-0.4, -0.2) is 55.3 Å². The van der Waals surface area contributed by atoms with Gasteiger partial charge in [-0.15, -0.1) is 0 Å². The van der Waals surface area contributed by atoms with Crippen LogP contribution in [0.15, 0.2) is 41.4 Å². The van der Waals surface area contributed by atoms with Crippen molar-refractivity contribution in [3.05, 3.63) is 53.6 Å². The summed E-state index contributed by atoms with van der Waals surface area (Å²) in [6.45, 7) is 5.87. The van der Waals surface area contributed by atoms with Gasteiger partial charge in [-0.25, -0.2) is 12.8 Å². The van der Waals surface area contributed by atoms with Gasteiger partial charge in [0, 0.05) is 25.1 Å². The average Bonchev–Trinajstić information content (AvgIpc) is 2.72. The summed E-state index contributed by atoms with van der Waals surface area (Å²) in [4.78, 5) is 17.6. The number of aliphatic carboxylic acids is 1. The van der Waals surface area contributed by atoms with Gasteiger partial charge in [0.15, 0.2) is 9.84 Å². The third kappa shape index (κ3) is 6.04. The monoisotopic (exact) mass is 464 g/mol. The Balaban J connectivity index is 1.53. The molecule has 0 bridgehead atoms. The fourth-order valence-corrected chi connectivity index (χ4v) is 4.57. The summed E-state index contributed by atoms with van der Waals surface area (Å²) in [5.74, 6) is -1.01. The average molecular weight is 465 g/mol. The maximum atomic E-state index is 14.0. The van der Waals surface area contributed by atoms with Crippen molar-refractivity contribution in [3.8, 4) is 5.75 Å². The van der Waals surface area contributed by atoms with Crippen LogP contribution in [0.1, 0.15) is 43.9 Å². The summed E-state index contributed by atoms with van der Waals surface area (Å²) in [5, 5.41) is 9.31. The number of pyridine rings is 1. The van der Waals surface area contributed by atoms with Crippen LogP contribution in [-0.2, 0) is 21.2 Å². The molecule has 0 aliphatic carbocycles. The molecule has 1 saturated heterocycles. The molecular weight excluding hydrogens is 435 g/mol. The number of rotatable bonds is 8. The van der Waals surface area contributed by atoms with Gasteiger partial charge in [0.05, 0.1) is 11.1 Å².